The molecule has 0 spiro atoms. The number of hydrogen-bond acceptors (Lipinski definition) is 3. The summed E-state index contributed by atoms with van der Waals surface area (Å²) >= 11 is 0. The van der Waals surface area contributed by atoms with Crippen LogP contribution in [0.3, 0.4) is 0 Å². The summed E-state index contributed by atoms with van der Waals surface area (Å²) < 4.78 is 0. The molecular formula is C8H18ClN3O. The van der Waals surface area contributed by atoms with Gasteiger partial charge in [0, 0.05) is 12.6 Å². The van der Waals surface area contributed by atoms with Crippen molar-refractivity contribution in [1.82, 2.24) is 10.6 Å². The molecule has 1 amide bonds. The third-order valence-corrected chi connectivity index (χ3v) is 2.18. The summed E-state index contributed by atoms with van der Waals surface area (Å²) in [6.07, 6.45) is 1.72. The van der Waals surface area contributed by atoms with Crippen molar-refractivity contribution < 1.29 is 4.79 Å². The summed E-state index contributed by atoms with van der Waals surface area (Å²) in [5.74, 6) is -0.0220. The van der Waals surface area contributed by atoms with E-state index in [0.29, 0.717) is 6.42 Å². The number of halogens is 1. The van der Waals surface area contributed by atoms with E-state index >= 15 is 0 Å². The molecule has 0 aromatic rings. The standard InChI is InChI=1S/C8H17N3O.ClH/c1-2-7(9)8(12)11-6-3-4-10-5-6;/h6-7,10H,2-5,9H2,1H3,(H,11,12);1H/t6?,7-;/m0./s1. The van der Waals surface area contributed by atoms with Gasteiger partial charge in [-0.2, -0.15) is 0 Å². The molecule has 1 aliphatic rings. The van der Waals surface area contributed by atoms with Crippen molar-refractivity contribution in [2.75, 3.05) is 13.1 Å². The second-order valence-corrected chi connectivity index (χ2v) is 3.21. The number of carbonyl (C=O) groups is 1. The summed E-state index contributed by atoms with van der Waals surface area (Å²) in [6.45, 7) is 3.78. The highest BCUT2D eigenvalue weighted by molar-refractivity contribution is 5.85. The average Bonchev–Trinajstić information content (AvgIpc) is 2.55. The zero-order valence-corrected chi connectivity index (χ0v) is 8.69. The molecule has 0 saturated carbocycles. The van der Waals surface area contributed by atoms with Gasteiger partial charge in [-0.1, -0.05) is 6.92 Å². The van der Waals surface area contributed by atoms with Gasteiger partial charge in [0.1, 0.15) is 0 Å². The quantitative estimate of drug-likeness (QED) is 0.592. The molecule has 0 radical (unpaired) electrons. The Morgan fingerprint density at radius 3 is 2.92 bits per heavy atom. The van der Waals surface area contributed by atoms with Crippen molar-refractivity contribution in [2.24, 2.45) is 5.73 Å². The van der Waals surface area contributed by atoms with Crippen LogP contribution in [0.2, 0.25) is 0 Å². The maximum absolute atomic E-state index is 11.3. The molecular weight excluding hydrogens is 190 g/mol. The fraction of sp³-hybridized carbons (Fsp3) is 0.875. The molecule has 0 aromatic carbocycles. The van der Waals surface area contributed by atoms with Crippen LogP contribution in [-0.4, -0.2) is 31.1 Å². The number of amides is 1. The molecule has 1 heterocycles. The van der Waals surface area contributed by atoms with Crippen LogP contribution in [0, 0.1) is 0 Å². The van der Waals surface area contributed by atoms with Gasteiger partial charge in [-0.05, 0) is 19.4 Å². The average molecular weight is 208 g/mol. The van der Waals surface area contributed by atoms with E-state index in [1.54, 1.807) is 0 Å². The third-order valence-electron chi connectivity index (χ3n) is 2.18. The molecule has 0 aromatic heterocycles. The Hall–Kier alpha value is -0.320. The normalized spacial score (nSPS) is 23.4. The first-order valence-electron chi connectivity index (χ1n) is 4.50. The highest BCUT2D eigenvalue weighted by atomic mass is 35.5. The van der Waals surface area contributed by atoms with Gasteiger partial charge in [0.15, 0.2) is 0 Å². The van der Waals surface area contributed by atoms with Crippen LogP contribution in [-0.2, 0) is 4.79 Å². The lowest BCUT2D eigenvalue weighted by Gasteiger charge is -2.14. The van der Waals surface area contributed by atoms with Crippen LogP contribution in [0.5, 0.6) is 0 Å². The number of nitrogens with one attached hydrogen (secondary N) is 2. The van der Waals surface area contributed by atoms with Gasteiger partial charge in [0.2, 0.25) is 5.91 Å². The van der Waals surface area contributed by atoms with Gasteiger partial charge < -0.3 is 16.4 Å². The van der Waals surface area contributed by atoms with Crippen molar-refractivity contribution in [1.29, 1.82) is 0 Å². The summed E-state index contributed by atoms with van der Waals surface area (Å²) in [4.78, 5) is 11.3. The second kappa shape index (κ2) is 6.18. The fourth-order valence-electron chi connectivity index (χ4n) is 1.27. The summed E-state index contributed by atoms with van der Waals surface area (Å²) in [7, 11) is 0. The van der Waals surface area contributed by atoms with Crippen molar-refractivity contribution in [3.63, 3.8) is 0 Å². The topological polar surface area (TPSA) is 67.2 Å². The van der Waals surface area contributed by atoms with E-state index in [4.69, 9.17) is 5.73 Å². The Morgan fingerprint density at radius 1 is 1.77 bits per heavy atom. The summed E-state index contributed by atoms with van der Waals surface area (Å²) in [6, 6.07) is -0.0549. The minimum atomic E-state index is -0.342. The molecule has 78 valence electrons. The number of nitrogens with two attached hydrogens (primary N) is 1. The number of rotatable bonds is 3. The van der Waals surface area contributed by atoms with Crippen LogP contribution < -0.4 is 16.4 Å². The molecule has 1 saturated heterocycles. The summed E-state index contributed by atoms with van der Waals surface area (Å²) in [5, 5.41) is 6.08. The maximum atomic E-state index is 11.3. The van der Waals surface area contributed by atoms with Gasteiger partial charge in [-0.15, -0.1) is 12.4 Å². The van der Waals surface area contributed by atoms with Gasteiger partial charge >= 0.3 is 0 Å². The molecule has 1 rings (SSSR count). The molecule has 1 aliphatic heterocycles. The van der Waals surface area contributed by atoms with E-state index in [1.165, 1.54) is 0 Å². The van der Waals surface area contributed by atoms with E-state index in [0.717, 1.165) is 19.5 Å². The van der Waals surface area contributed by atoms with E-state index in [1.807, 2.05) is 6.92 Å². The highest BCUT2D eigenvalue weighted by Crippen LogP contribution is 1.97. The second-order valence-electron chi connectivity index (χ2n) is 3.21. The maximum Gasteiger partial charge on any atom is 0.237 e. The lowest BCUT2D eigenvalue weighted by atomic mass is 10.2. The molecule has 13 heavy (non-hydrogen) atoms. The Kier molecular flexibility index (Phi) is 6.03. The van der Waals surface area contributed by atoms with E-state index < -0.39 is 0 Å². The van der Waals surface area contributed by atoms with Gasteiger partial charge in [0.25, 0.3) is 0 Å². The summed E-state index contributed by atoms with van der Waals surface area (Å²) in [5.41, 5.74) is 5.56. The van der Waals surface area contributed by atoms with Crippen LogP contribution >= 0.6 is 12.4 Å². The van der Waals surface area contributed by atoms with Crippen LogP contribution in [0.1, 0.15) is 19.8 Å². The lowest BCUT2D eigenvalue weighted by molar-refractivity contribution is -0.123. The minimum absolute atomic E-state index is 0. The van der Waals surface area contributed by atoms with E-state index in [-0.39, 0.29) is 30.4 Å². The SMILES string of the molecule is CC[C@H](N)C(=O)NC1CCNC1.Cl. The van der Waals surface area contributed by atoms with Crippen molar-refractivity contribution in [3.05, 3.63) is 0 Å². The Balaban J connectivity index is 0.00000144. The molecule has 4 N–H and O–H groups in total. The van der Waals surface area contributed by atoms with Gasteiger partial charge in [0.05, 0.1) is 6.04 Å². The number of carbonyl (C=O) groups excluding carboxylic acids is 1. The molecule has 0 aliphatic carbocycles. The van der Waals surface area contributed by atoms with Crippen molar-refractivity contribution in [3.8, 4) is 0 Å². The van der Waals surface area contributed by atoms with Crippen molar-refractivity contribution in [2.45, 2.75) is 31.8 Å². The van der Waals surface area contributed by atoms with Gasteiger partial charge in [-0.25, -0.2) is 0 Å². The first kappa shape index (κ1) is 12.7. The van der Waals surface area contributed by atoms with Crippen molar-refractivity contribution >= 4 is 18.3 Å². The van der Waals surface area contributed by atoms with Crippen LogP contribution in [0.25, 0.3) is 0 Å². The monoisotopic (exact) mass is 207 g/mol. The fourth-order valence-corrected chi connectivity index (χ4v) is 1.27. The predicted molar refractivity (Wildman–Crippen MR) is 54.9 cm³/mol. The Bertz CT molecular complexity index is 159. The minimum Gasteiger partial charge on any atom is -0.351 e. The third kappa shape index (κ3) is 3.93. The van der Waals surface area contributed by atoms with Gasteiger partial charge in [-0.3, -0.25) is 4.79 Å². The first-order chi connectivity index (χ1) is 5.74. The first-order valence-corrected chi connectivity index (χ1v) is 4.50. The predicted octanol–water partition coefficient (Wildman–Crippen LogP) is -0.376. The molecule has 5 heteroatoms. The van der Waals surface area contributed by atoms with Crippen LogP contribution in [0.4, 0.5) is 0 Å². The van der Waals surface area contributed by atoms with E-state index in [2.05, 4.69) is 10.6 Å². The molecule has 1 fully saturated rings. The Labute approximate surface area is 85.0 Å². The lowest BCUT2D eigenvalue weighted by Crippen LogP contribution is -2.45. The molecule has 1 unspecified atom stereocenters. The zero-order valence-electron chi connectivity index (χ0n) is 7.88. The highest BCUT2D eigenvalue weighted by Gasteiger charge is 2.19. The largest absolute Gasteiger partial charge is 0.351 e. The molecule has 4 nitrogen and oxygen atoms in total. The smallest absolute Gasteiger partial charge is 0.237 e. The number of hydrogen-bond donors (Lipinski definition) is 3. The van der Waals surface area contributed by atoms with Crippen LogP contribution in [0.15, 0.2) is 0 Å². The van der Waals surface area contributed by atoms with E-state index in [9.17, 15) is 4.79 Å². The zero-order chi connectivity index (χ0) is 8.97. The molecule has 2 atom stereocenters. The Morgan fingerprint density at radius 2 is 2.46 bits per heavy atom. The molecule has 0 bridgehead atoms.